The summed E-state index contributed by atoms with van der Waals surface area (Å²) in [6.45, 7) is 1.78. The molecule has 1 aromatic carbocycles. The van der Waals surface area contributed by atoms with Crippen LogP contribution in [-0.2, 0) is 6.54 Å². The van der Waals surface area contributed by atoms with Gasteiger partial charge in [-0.3, -0.25) is 4.90 Å². The number of para-hydroxylation sites is 1. The Hall–Kier alpha value is -1.72. The number of aliphatic hydroxyl groups is 1. The molecule has 1 saturated carbocycles. The van der Waals surface area contributed by atoms with Crippen molar-refractivity contribution in [1.29, 1.82) is 0 Å². The van der Waals surface area contributed by atoms with E-state index in [-0.39, 0.29) is 6.10 Å². The zero-order valence-corrected chi connectivity index (χ0v) is 14.1. The van der Waals surface area contributed by atoms with Crippen LogP contribution in [0.1, 0.15) is 44.3 Å². The first-order valence-electron chi connectivity index (χ1n) is 9.15. The van der Waals surface area contributed by atoms with Gasteiger partial charge in [-0.25, -0.2) is 9.97 Å². The van der Waals surface area contributed by atoms with Crippen LogP contribution in [0, 0.1) is 5.92 Å². The summed E-state index contributed by atoms with van der Waals surface area (Å²) in [6.07, 6.45) is 6.71. The molecular weight excluding hydrogens is 300 g/mol. The van der Waals surface area contributed by atoms with Crippen LogP contribution in [-0.4, -0.2) is 38.7 Å². The maximum atomic E-state index is 10.4. The number of fused-ring (bicyclic) bond motifs is 1. The fourth-order valence-corrected chi connectivity index (χ4v) is 4.53. The van der Waals surface area contributed by atoms with Crippen molar-refractivity contribution in [2.75, 3.05) is 12.3 Å². The predicted molar refractivity (Wildman–Crippen MR) is 95.3 cm³/mol. The van der Waals surface area contributed by atoms with E-state index >= 15 is 0 Å². The van der Waals surface area contributed by atoms with Gasteiger partial charge in [0.05, 0.1) is 18.2 Å². The molecule has 2 aromatic rings. The fourth-order valence-electron chi connectivity index (χ4n) is 4.53. The van der Waals surface area contributed by atoms with Crippen LogP contribution in [0.15, 0.2) is 24.3 Å². The molecule has 5 nitrogen and oxygen atoms in total. The molecule has 0 spiro atoms. The summed E-state index contributed by atoms with van der Waals surface area (Å²) < 4.78 is 0. The fraction of sp³-hybridized carbons (Fsp3) is 0.579. The lowest BCUT2D eigenvalue weighted by Gasteiger charge is -2.37. The van der Waals surface area contributed by atoms with Gasteiger partial charge in [-0.1, -0.05) is 25.0 Å². The molecular formula is C19H26N4O. The first-order valence-corrected chi connectivity index (χ1v) is 9.15. The molecule has 4 rings (SSSR count). The van der Waals surface area contributed by atoms with Crippen molar-refractivity contribution < 1.29 is 5.11 Å². The van der Waals surface area contributed by atoms with Crippen LogP contribution < -0.4 is 5.73 Å². The highest BCUT2D eigenvalue weighted by Crippen LogP contribution is 2.35. The van der Waals surface area contributed by atoms with Gasteiger partial charge in [0, 0.05) is 17.3 Å². The van der Waals surface area contributed by atoms with E-state index in [1.807, 2.05) is 24.3 Å². The largest absolute Gasteiger partial charge is 0.393 e. The van der Waals surface area contributed by atoms with Crippen molar-refractivity contribution in [3.8, 4) is 0 Å². The van der Waals surface area contributed by atoms with Crippen LogP contribution in [0.3, 0.4) is 0 Å². The molecule has 3 N–H and O–H groups in total. The van der Waals surface area contributed by atoms with Gasteiger partial charge in [-0.15, -0.1) is 0 Å². The zero-order valence-electron chi connectivity index (χ0n) is 14.1. The smallest absolute Gasteiger partial charge is 0.145 e. The Morgan fingerprint density at radius 3 is 2.79 bits per heavy atom. The van der Waals surface area contributed by atoms with E-state index in [9.17, 15) is 5.11 Å². The minimum Gasteiger partial charge on any atom is -0.393 e. The van der Waals surface area contributed by atoms with E-state index in [2.05, 4.69) is 9.88 Å². The summed E-state index contributed by atoms with van der Waals surface area (Å²) in [7, 11) is 0. The summed E-state index contributed by atoms with van der Waals surface area (Å²) in [5, 5.41) is 11.3. The minimum atomic E-state index is -0.146. The van der Waals surface area contributed by atoms with Crippen LogP contribution in [0.2, 0.25) is 0 Å². The number of anilines is 1. The van der Waals surface area contributed by atoms with Gasteiger partial charge in [0.15, 0.2) is 0 Å². The van der Waals surface area contributed by atoms with Crippen LogP contribution >= 0.6 is 0 Å². The van der Waals surface area contributed by atoms with E-state index in [1.54, 1.807) is 0 Å². The number of likely N-dealkylation sites (tertiary alicyclic amines) is 1. The number of aromatic nitrogens is 2. The Morgan fingerprint density at radius 1 is 1.08 bits per heavy atom. The van der Waals surface area contributed by atoms with Gasteiger partial charge in [0.25, 0.3) is 0 Å². The highest BCUT2D eigenvalue weighted by atomic mass is 16.3. The summed E-state index contributed by atoms with van der Waals surface area (Å²) in [4.78, 5) is 11.7. The highest BCUT2D eigenvalue weighted by Gasteiger charge is 2.37. The third kappa shape index (κ3) is 2.98. The highest BCUT2D eigenvalue weighted by molar-refractivity contribution is 5.87. The Morgan fingerprint density at radius 2 is 1.92 bits per heavy atom. The standard InChI is InChI=1S/C19H26N4O/c20-19-13-6-1-3-8-15(13)21-18(22-19)12-23-11-5-9-16(23)14-7-2-4-10-17(14)24/h1,3,6,8,14,16-17,24H,2,4-5,7,9-12H2,(H2,20,21,22)/t14-,16+,17+/m0/s1. The van der Waals surface area contributed by atoms with Crippen LogP contribution in [0.4, 0.5) is 5.82 Å². The van der Waals surface area contributed by atoms with Crippen molar-refractivity contribution in [2.24, 2.45) is 5.92 Å². The molecule has 0 radical (unpaired) electrons. The lowest BCUT2D eigenvalue weighted by atomic mass is 9.80. The number of nitrogens with two attached hydrogens (primary N) is 1. The normalized spacial score (nSPS) is 28.5. The van der Waals surface area contributed by atoms with Crippen LogP contribution in [0.5, 0.6) is 0 Å². The number of benzene rings is 1. The first kappa shape index (κ1) is 15.8. The van der Waals surface area contributed by atoms with Crippen molar-refractivity contribution in [2.45, 2.75) is 57.2 Å². The summed E-state index contributed by atoms with van der Waals surface area (Å²) in [5.41, 5.74) is 7.03. The van der Waals surface area contributed by atoms with Crippen molar-refractivity contribution in [3.05, 3.63) is 30.1 Å². The van der Waals surface area contributed by atoms with Crippen molar-refractivity contribution in [1.82, 2.24) is 14.9 Å². The molecule has 5 heteroatoms. The number of hydrogen-bond acceptors (Lipinski definition) is 5. The molecule has 1 aromatic heterocycles. The second kappa shape index (κ2) is 6.65. The van der Waals surface area contributed by atoms with Gasteiger partial charge in [-0.05, 0) is 44.4 Å². The Bertz CT molecular complexity index is 720. The second-order valence-electron chi connectivity index (χ2n) is 7.24. The average Bonchev–Trinajstić information content (AvgIpc) is 3.03. The Labute approximate surface area is 142 Å². The monoisotopic (exact) mass is 326 g/mol. The van der Waals surface area contributed by atoms with E-state index in [4.69, 9.17) is 10.7 Å². The van der Waals surface area contributed by atoms with E-state index in [0.717, 1.165) is 49.1 Å². The molecule has 1 aliphatic carbocycles. The molecule has 2 fully saturated rings. The number of hydrogen-bond donors (Lipinski definition) is 2. The molecule has 1 aliphatic heterocycles. The quantitative estimate of drug-likeness (QED) is 0.907. The molecule has 128 valence electrons. The molecule has 0 bridgehead atoms. The molecule has 24 heavy (non-hydrogen) atoms. The third-order valence-corrected chi connectivity index (χ3v) is 5.71. The van der Waals surface area contributed by atoms with Gasteiger partial charge in [0.1, 0.15) is 11.6 Å². The maximum Gasteiger partial charge on any atom is 0.145 e. The number of nitrogens with zero attached hydrogens (tertiary/aromatic N) is 3. The summed E-state index contributed by atoms with van der Waals surface area (Å²) in [5.74, 6) is 1.76. The minimum absolute atomic E-state index is 0.146. The van der Waals surface area contributed by atoms with E-state index < -0.39 is 0 Å². The predicted octanol–water partition coefficient (Wildman–Crippen LogP) is 2.73. The molecule has 1 saturated heterocycles. The van der Waals surface area contributed by atoms with Gasteiger partial charge >= 0.3 is 0 Å². The number of rotatable bonds is 3. The average molecular weight is 326 g/mol. The summed E-state index contributed by atoms with van der Waals surface area (Å²) in [6, 6.07) is 8.35. The topological polar surface area (TPSA) is 75.3 Å². The van der Waals surface area contributed by atoms with Gasteiger partial charge in [0.2, 0.25) is 0 Å². The number of nitrogen functional groups attached to an aromatic ring is 1. The van der Waals surface area contributed by atoms with E-state index in [0.29, 0.717) is 17.8 Å². The SMILES string of the molecule is Nc1nc(CN2CCC[C@@H]2[C@@H]2CCCC[C@H]2O)nc2ccccc12. The second-order valence-corrected chi connectivity index (χ2v) is 7.24. The lowest BCUT2D eigenvalue weighted by Crippen LogP contribution is -2.42. The Balaban J connectivity index is 1.55. The lowest BCUT2D eigenvalue weighted by molar-refractivity contribution is 0.0196. The van der Waals surface area contributed by atoms with Crippen molar-refractivity contribution in [3.63, 3.8) is 0 Å². The van der Waals surface area contributed by atoms with Crippen molar-refractivity contribution >= 4 is 16.7 Å². The first-order chi connectivity index (χ1) is 11.7. The summed E-state index contributed by atoms with van der Waals surface area (Å²) >= 11 is 0. The number of aliphatic hydroxyl groups excluding tert-OH is 1. The van der Waals surface area contributed by atoms with E-state index in [1.165, 1.54) is 19.3 Å². The maximum absolute atomic E-state index is 10.4. The van der Waals surface area contributed by atoms with Gasteiger partial charge in [-0.2, -0.15) is 0 Å². The molecule has 0 amide bonds. The molecule has 2 aliphatic rings. The zero-order chi connectivity index (χ0) is 16.5. The van der Waals surface area contributed by atoms with Crippen LogP contribution in [0.25, 0.3) is 10.9 Å². The Kier molecular flexibility index (Phi) is 4.37. The van der Waals surface area contributed by atoms with Gasteiger partial charge < -0.3 is 10.8 Å². The molecule has 0 unspecified atom stereocenters. The molecule has 3 atom stereocenters. The third-order valence-electron chi connectivity index (χ3n) is 5.71. The molecule has 2 heterocycles.